The SMILES string of the molecule is CCC(=O)c1c(OC(C)(C)C2CO2)c(C)cc2oc3cccc(O)c3c(=O)c12. The van der Waals surface area contributed by atoms with Gasteiger partial charge in [0, 0.05) is 6.42 Å². The molecule has 1 fully saturated rings. The zero-order valence-corrected chi connectivity index (χ0v) is 16.3. The van der Waals surface area contributed by atoms with E-state index in [1.807, 2.05) is 20.8 Å². The van der Waals surface area contributed by atoms with Crippen molar-refractivity contribution in [2.24, 2.45) is 0 Å². The number of phenols is 1. The van der Waals surface area contributed by atoms with Gasteiger partial charge in [-0.2, -0.15) is 0 Å². The van der Waals surface area contributed by atoms with Crippen molar-refractivity contribution in [1.29, 1.82) is 0 Å². The van der Waals surface area contributed by atoms with Gasteiger partial charge in [0.25, 0.3) is 0 Å². The number of aromatic hydroxyl groups is 1. The molecule has 2 heterocycles. The number of hydrogen-bond acceptors (Lipinski definition) is 6. The van der Waals surface area contributed by atoms with Crippen LogP contribution in [0.15, 0.2) is 33.5 Å². The molecule has 0 saturated carbocycles. The van der Waals surface area contributed by atoms with Gasteiger partial charge in [-0.3, -0.25) is 9.59 Å². The van der Waals surface area contributed by atoms with Crippen LogP contribution in [0.25, 0.3) is 21.9 Å². The molecule has 146 valence electrons. The maximum absolute atomic E-state index is 13.3. The Labute approximate surface area is 161 Å². The van der Waals surface area contributed by atoms with E-state index in [-0.39, 0.29) is 46.0 Å². The first-order valence-corrected chi connectivity index (χ1v) is 9.30. The fraction of sp³-hybridized carbons (Fsp3) is 0.364. The van der Waals surface area contributed by atoms with Crippen molar-refractivity contribution in [3.63, 3.8) is 0 Å². The van der Waals surface area contributed by atoms with Crippen LogP contribution in [0, 0.1) is 6.92 Å². The molecular weight excluding hydrogens is 360 g/mol. The number of benzene rings is 2. The molecule has 0 amide bonds. The number of carbonyl (C=O) groups excluding carboxylic acids is 1. The largest absolute Gasteiger partial charge is 0.507 e. The third-order valence-corrected chi connectivity index (χ3v) is 5.18. The standard InChI is InChI=1S/C22H22O6/c1-5-12(23)18-19-15(27-14-8-6-7-13(24)17(14)20(19)25)9-11(2)21(18)28-22(3,4)16-10-26-16/h6-9,16,24H,5,10H2,1-4H3. The van der Waals surface area contributed by atoms with Gasteiger partial charge in [-0.05, 0) is 44.5 Å². The second-order valence-electron chi connectivity index (χ2n) is 7.66. The molecule has 1 saturated heterocycles. The van der Waals surface area contributed by atoms with Crippen molar-refractivity contribution in [1.82, 2.24) is 0 Å². The molecule has 0 radical (unpaired) electrons. The number of hydrogen-bond donors (Lipinski definition) is 1. The number of epoxide rings is 1. The molecule has 1 aliphatic heterocycles. The van der Waals surface area contributed by atoms with Crippen molar-refractivity contribution < 1.29 is 23.8 Å². The number of rotatable bonds is 5. The van der Waals surface area contributed by atoms with Crippen molar-refractivity contribution in [3.05, 3.63) is 45.6 Å². The van der Waals surface area contributed by atoms with Crippen LogP contribution >= 0.6 is 0 Å². The van der Waals surface area contributed by atoms with Gasteiger partial charge in [-0.15, -0.1) is 0 Å². The van der Waals surface area contributed by atoms with Gasteiger partial charge in [-0.25, -0.2) is 0 Å². The van der Waals surface area contributed by atoms with E-state index < -0.39 is 11.0 Å². The van der Waals surface area contributed by atoms with E-state index in [2.05, 4.69) is 0 Å². The van der Waals surface area contributed by atoms with Crippen LogP contribution < -0.4 is 10.2 Å². The Balaban J connectivity index is 2.09. The topological polar surface area (TPSA) is 89.3 Å². The molecule has 28 heavy (non-hydrogen) atoms. The summed E-state index contributed by atoms with van der Waals surface area (Å²) in [4.78, 5) is 26.2. The number of Topliss-reactive ketones (excluding diaryl/α,β-unsaturated/α-hetero) is 1. The quantitative estimate of drug-likeness (QED) is 0.406. The zero-order valence-electron chi connectivity index (χ0n) is 16.3. The second kappa shape index (κ2) is 6.34. The zero-order chi connectivity index (χ0) is 20.2. The predicted octanol–water partition coefficient (Wildman–Crippen LogP) is 4.11. The highest BCUT2D eigenvalue weighted by Gasteiger charge is 2.42. The Kier molecular flexibility index (Phi) is 4.19. The van der Waals surface area contributed by atoms with Crippen LogP contribution in [0.3, 0.4) is 0 Å². The molecule has 6 nitrogen and oxygen atoms in total. The van der Waals surface area contributed by atoms with Gasteiger partial charge in [0.05, 0.1) is 17.6 Å². The van der Waals surface area contributed by atoms with Gasteiger partial charge in [0.2, 0.25) is 5.43 Å². The summed E-state index contributed by atoms with van der Waals surface area (Å²) in [5.41, 5.74) is 0.361. The minimum atomic E-state index is -0.652. The van der Waals surface area contributed by atoms with E-state index in [1.54, 1.807) is 25.1 Å². The normalized spacial score (nSPS) is 16.5. The molecule has 3 aromatic rings. The lowest BCUT2D eigenvalue weighted by Crippen LogP contribution is -2.35. The molecule has 1 atom stereocenters. The monoisotopic (exact) mass is 382 g/mol. The molecule has 6 heteroatoms. The number of ketones is 1. The molecule has 1 aromatic heterocycles. The highest BCUT2D eigenvalue weighted by atomic mass is 16.6. The van der Waals surface area contributed by atoms with E-state index in [1.165, 1.54) is 6.07 Å². The number of aryl methyl sites for hydroxylation is 1. The summed E-state index contributed by atoms with van der Waals surface area (Å²) in [6.07, 6.45) is 0.136. The number of carbonyl (C=O) groups is 1. The third-order valence-electron chi connectivity index (χ3n) is 5.18. The molecule has 0 aliphatic carbocycles. The van der Waals surface area contributed by atoms with Crippen LogP contribution in [-0.2, 0) is 4.74 Å². The van der Waals surface area contributed by atoms with Crippen LogP contribution in [0.4, 0.5) is 0 Å². The first-order valence-electron chi connectivity index (χ1n) is 9.30. The van der Waals surface area contributed by atoms with E-state index in [0.717, 1.165) is 0 Å². The van der Waals surface area contributed by atoms with E-state index in [4.69, 9.17) is 13.9 Å². The summed E-state index contributed by atoms with van der Waals surface area (Å²) in [7, 11) is 0. The summed E-state index contributed by atoms with van der Waals surface area (Å²) in [6.45, 7) is 7.93. The molecular formula is C22H22O6. The maximum atomic E-state index is 13.3. The predicted molar refractivity (Wildman–Crippen MR) is 105 cm³/mol. The molecule has 1 unspecified atom stereocenters. The lowest BCUT2D eigenvalue weighted by Gasteiger charge is -2.27. The summed E-state index contributed by atoms with van der Waals surface area (Å²) >= 11 is 0. The first kappa shape index (κ1) is 18.5. The van der Waals surface area contributed by atoms with Gasteiger partial charge in [-0.1, -0.05) is 13.0 Å². The molecule has 0 spiro atoms. The Morgan fingerprint density at radius 1 is 1.29 bits per heavy atom. The minimum absolute atomic E-state index is 0.0553. The second-order valence-corrected chi connectivity index (χ2v) is 7.66. The molecule has 1 N–H and O–H groups in total. The fourth-order valence-electron chi connectivity index (χ4n) is 3.50. The van der Waals surface area contributed by atoms with Crippen LogP contribution in [0.1, 0.15) is 43.1 Å². The number of phenolic OH excluding ortho intramolecular Hbond substituents is 1. The minimum Gasteiger partial charge on any atom is -0.507 e. The molecule has 4 rings (SSSR count). The third kappa shape index (κ3) is 2.85. The van der Waals surface area contributed by atoms with Gasteiger partial charge < -0.3 is 19.0 Å². The van der Waals surface area contributed by atoms with Crippen LogP contribution in [0.5, 0.6) is 11.5 Å². The van der Waals surface area contributed by atoms with Crippen LogP contribution in [-0.4, -0.2) is 29.2 Å². The average Bonchev–Trinajstić information content (AvgIpc) is 3.48. The van der Waals surface area contributed by atoms with Gasteiger partial charge >= 0.3 is 0 Å². The maximum Gasteiger partial charge on any atom is 0.205 e. The van der Waals surface area contributed by atoms with Gasteiger partial charge in [0.1, 0.15) is 39.8 Å². The summed E-state index contributed by atoms with van der Waals surface area (Å²) in [6, 6.07) is 6.34. The Morgan fingerprint density at radius 3 is 2.64 bits per heavy atom. The molecule has 2 aromatic carbocycles. The fourth-order valence-corrected chi connectivity index (χ4v) is 3.50. The summed E-state index contributed by atoms with van der Waals surface area (Å²) in [5, 5.41) is 10.4. The lowest BCUT2D eigenvalue weighted by atomic mass is 9.96. The van der Waals surface area contributed by atoms with Gasteiger partial charge in [0.15, 0.2) is 5.78 Å². The van der Waals surface area contributed by atoms with Crippen molar-refractivity contribution in [3.8, 4) is 11.5 Å². The Morgan fingerprint density at radius 2 is 2.00 bits per heavy atom. The van der Waals surface area contributed by atoms with Crippen LogP contribution in [0.2, 0.25) is 0 Å². The van der Waals surface area contributed by atoms with E-state index in [0.29, 0.717) is 23.5 Å². The molecule has 1 aliphatic rings. The smallest absolute Gasteiger partial charge is 0.205 e. The highest BCUT2D eigenvalue weighted by molar-refractivity contribution is 6.11. The van der Waals surface area contributed by atoms with Crippen molar-refractivity contribution in [2.75, 3.05) is 6.61 Å². The van der Waals surface area contributed by atoms with Crippen molar-refractivity contribution in [2.45, 2.75) is 45.8 Å². The number of fused-ring (bicyclic) bond motifs is 2. The first-order chi connectivity index (χ1) is 13.2. The van der Waals surface area contributed by atoms with E-state index in [9.17, 15) is 14.7 Å². The number of ether oxygens (including phenoxy) is 2. The van der Waals surface area contributed by atoms with E-state index >= 15 is 0 Å². The summed E-state index contributed by atoms with van der Waals surface area (Å²) < 4.78 is 17.5. The molecule has 0 bridgehead atoms. The Hall–Kier alpha value is -2.86. The Bertz CT molecular complexity index is 1170. The average molecular weight is 382 g/mol. The lowest BCUT2D eigenvalue weighted by molar-refractivity contribution is 0.0714. The highest BCUT2D eigenvalue weighted by Crippen LogP contribution is 2.38. The summed E-state index contributed by atoms with van der Waals surface area (Å²) in [5.74, 6) is -0.0435. The van der Waals surface area contributed by atoms with Crippen molar-refractivity contribution >= 4 is 27.7 Å².